The van der Waals surface area contributed by atoms with Gasteiger partial charge in [-0.25, -0.2) is 8.42 Å². The van der Waals surface area contributed by atoms with Gasteiger partial charge < -0.3 is 5.11 Å². The fraction of sp³-hybridized carbons (Fsp3) is 0.500. The summed E-state index contributed by atoms with van der Waals surface area (Å²) in [5.74, 6) is -0.791. The third-order valence-electron chi connectivity index (χ3n) is 3.86. The molecular formula is C14H19NO4S. The van der Waals surface area contributed by atoms with Gasteiger partial charge in [-0.05, 0) is 30.5 Å². The van der Waals surface area contributed by atoms with E-state index in [1.165, 1.54) is 0 Å². The number of benzene rings is 1. The van der Waals surface area contributed by atoms with Crippen molar-refractivity contribution in [2.75, 3.05) is 11.0 Å². The second kappa shape index (κ2) is 5.44. The van der Waals surface area contributed by atoms with Gasteiger partial charge in [-0.2, -0.15) is 0 Å². The average molecular weight is 297 g/mol. The van der Waals surface area contributed by atoms with E-state index in [1.54, 1.807) is 24.3 Å². The summed E-state index contributed by atoms with van der Waals surface area (Å²) in [6, 6.07) is 6.67. The van der Waals surface area contributed by atoms with E-state index in [0.717, 1.165) is 31.1 Å². The Balaban J connectivity index is 2.29. The quantitative estimate of drug-likeness (QED) is 0.893. The molecule has 0 bridgehead atoms. The molecule has 1 aliphatic carbocycles. The molecule has 6 heteroatoms. The predicted octanol–water partition coefficient (Wildman–Crippen LogP) is 2.34. The van der Waals surface area contributed by atoms with E-state index in [4.69, 9.17) is 0 Å². The molecule has 0 heterocycles. The standard InChI is InChI=1S/C14H19NO4S/c1-20(18,19)15-12-7-5-11(6-8-12)14(13(16)17)9-3-2-4-10-14/h5-8,15H,2-4,9-10H2,1H3,(H,16,17). The van der Waals surface area contributed by atoms with Crippen LogP contribution in [0.3, 0.4) is 0 Å². The molecule has 1 saturated carbocycles. The number of hydrogen-bond donors (Lipinski definition) is 2. The predicted molar refractivity (Wildman–Crippen MR) is 77.3 cm³/mol. The van der Waals surface area contributed by atoms with E-state index in [9.17, 15) is 18.3 Å². The highest BCUT2D eigenvalue weighted by atomic mass is 32.2. The minimum atomic E-state index is -3.31. The minimum Gasteiger partial charge on any atom is -0.481 e. The second-order valence-corrected chi connectivity index (χ2v) is 7.15. The molecule has 1 aromatic carbocycles. The van der Waals surface area contributed by atoms with Gasteiger partial charge in [0.25, 0.3) is 0 Å². The largest absolute Gasteiger partial charge is 0.481 e. The molecule has 0 aliphatic heterocycles. The molecule has 1 fully saturated rings. The van der Waals surface area contributed by atoms with Crippen molar-refractivity contribution >= 4 is 21.7 Å². The zero-order valence-electron chi connectivity index (χ0n) is 11.4. The fourth-order valence-corrected chi connectivity index (χ4v) is 3.42. The second-order valence-electron chi connectivity index (χ2n) is 5.40. The van der Waals surface area contributed by atoms with E-state index >= 15 is 0 Å². The summed E-state index contributed by atoms with van der Waals surface area (Å²) >= 11 is 0. The topological polar surface area (TPSA) is 83.5 Å². The first-order valence-corrected chi connectivity index (χ1v) is 8.54. The lowest BCUT2D eigenvalue weighted by Crippen LogP contribution is -2.37. The number of carbonyl (C=O) groups is 1. The Morgan fingerprint density at radius 3 is 2.15 bits per heavy atom. The first-order valence-electron chi connectivity index (χ1n) is 6.65. The Hall–Kier alpha value is -1.56. The number of nitrogens with one attached hydrogen (secondary N) is 1. The molecule has 5 nitrogen and oxygen atoms in total. The smallest absolute Gasteiger partial charge is 0.314 e. The summed E-state index contributed by atoms with van der Waals surface area (Å²) in [5, 5.41) is 9.59. The van der Waals surface area contributed by atoms with Crippen molar-refractivity contribution in [3.63, 3.8) is 0 Å². The number of aliphatic carboxylic acids is 1. The number of rotatable bonds is 4. The van der Waals surface area contributed by atoms with Crippen LogP contribution in [-0.2, 0) is 20.2 Å². The van der Waals surface area contributed by atoms with Crippen LogP contribution >= 0.6 is 0 Å². The maximum atomic E-state index is 11.7. The maximum Gasteiger partial charge on any atom is 0.314 e. The molecule has 0 aromatic heterocycles. The molecule has 0 radical (unpaired) electrons. The van der Waals surface area contributed by atoms with Gasteiger partial charge in [-0.1, -0.05) is 31.4 Å². The van der Waals surface area contributed by atoms with Gasteiger partial charge >= 0.3 is 5.97 Å². The van der Waals surface area contributed by atoms with Crippen LogP contribution in [0.5, 0.6) is 0 Å². The Kier molecular flexibility index (Phi) is 4.04. The monoisotopic (exact) mass is 297 g/mol. The molecule has 0 unspecified atom stereocenters. The third kappa shape index (κ3) is 3.12. The summed E-state index contributed by atoms with van der Waals surface area (Å²) in [5.41, 5.74) is 0.387. The number of hydrogen-bond acceptors (Lipinski definition) is 3. The summed E-state index contributed by atoms with van der Waals surface area (Å²) in [4.78, 5) is 11.7. The van der Waals surface area contributed by atoms with Gasteiger partial charge in [0.2, 0.25) is 10.0 Å². The minimum absolute atomic E-state index is 0.451. The van der Waals surface area contributed by atoms with Crippen molar-refractivity contribution in [1.29, 1.82) is 0 Å². The number of sulfonamides is 1. The molecule has 1 aliphatic rings. The lowest BCUT2D eigenvalue weighted by molar-refractivity contribution is -0.145. The number of carboxylic acid groups (broad SMARTS) is 1. The van der Waals surface area contributed by atoms with Gasteiger partial charge in [-0.15, -0.1) is 0 Å². The van der Waals surface area contributed by atoms with Crippen LogP contribution in [-0.4, -0.2) is 25.7 Å². The van der Waals surface area contributed by atoms with Gasteiger partial charge in [0.15, 0.2) is 0 Å². The van der Waals surface area contributed by atoms with E-state index in [2.05, 4.69) is 4.72 Å². The van der Waals surface area contributed by atoms with Crippen molar-refractivity contribution in [3.05, 3.63) is 29.8 Å². The van der Waals surface area contributed by atoms with Crippen LogP contribution in [0.4, 0.5) is 5.69 Å². The van der Waals surface area contributed by atoms with Crippen molar-refractivity contribution < 1.29 is 18.3 Å². The highest BCUT2D eigenvalue weighted by Gasteiger charge is 2.41. The first kappa shape index (κ1) is 14.8. The van der Waals surface area contributed by atoms with E-state index in [-0.39, 0.29) is 0 Å². The van der Waals surface area contributed by atoms with Crippen molar-refractivity contribution in [1.82, 2.24) is 0 Å². The summed E-state index contributed by atoms with van der Waals surface area (Å²) < 4.78 is 24.7. The van der Waals surface area contributed by atoms with Crippen molar-refractivity contribution in [2.24, 2.45) is 0 Å². The van der Waals surface area contributed by atoms with Crippen LogP contribution in [0, 0.1) is 0 Å². The molecular weight excluding hydrogens is 278 g/mol. The van der Waals surface area contributed by atoms with Crippen LogP contribution in [0.15, 0.2) is 24.3 Å². The molecule has 2 N–H and O–H groups in total. The van der Waals surface area contributed by atoms with Crippen LogP contribution in [0.2, 0.25) is 0 Å². The zero-order chi connectivity index (χ0) is 14.8. The molecule has 0 amide bonds. The van der Waals surface area contributed by atoms with Crippen LogP contribution < -0.4 is 4.72 Å². The Bertz CT molecular complexity index is 586. The van der Waals surface area contributed by atoms with Gasteiger partial charge in [0.05, 0.1) is 11.7 Å². The van der Waals surface area contributed by atoms with Gasteiger partial charge in [-0.3, -0.25) is 9.52 Å². The lowest BCUT2D eigenvalue weighted by Gasteiger charge is -2.33. The average Bonchev–Trinajstić information content (AvgIpc) is 2.38. The molecule has 0 spiro atoms. The highest BCUT2D eigenvalue weighted by molar-refractivity contribution is 7.92. The van der Waals surface area contributed by atoms with E-state index in [0.29, 0.717) is 18.5 Å². The van der Waals surface area contributed by atoms with Gasteiger partial charge in [0.1, 0.15) is 0 Å². The SMILES string of the molecule is CS(=O)(=O)Nc1ccc(C2(C(=O)O)CCCCC2)cc1. The van der Waals surface area contributed by atoms with E-state index < -0.39 is 21.4 Å². The van der Waals surface area contributed by atoms with Crippen molar-refractivity contribution in [2.45, 2.75) is 37.5 Å². The fourth-order valence-electron chi connectivity index (χ4n) is 2.85. The molecule has 0 atom stereocenters. The van der Waals surface area contributed by atoms with Crippen molar-refractivity contribution in [3.8, 4) is 0 Å². The normalized spacial score (nSPS) is 18.4. The highest BCUT2D eigenvalue weighted by Crippen LogP contribution is 2.40. The summed E-state index contributed by atoms with van der Waals surface area (Å²) in [6.07, 6.45) is 5.26. The number of anilines is 1. The molecule has 0 saturated heterocycles. The summed E-state index contributed by atoms with van der Waals surface area (Å²) in [7, 11) is -3.31. The molecule has 2 rings (SSSR count). The van der Waals surface area contributed by atoms with Crippen LogP contribution in [0.25, 0.3) is 0 Å². The van der Waals surface area contributed by atoms with E-state index in [1.807, 2.05) is 0 Å². The lowest BCUT2D eigenvalue weighted by atomic mass is 9.69. The van der Waals surface area contributed by atoms with Crippen LogP contribution in [0.1, 0.15) is 37.7 Å². The summed E-state index contributed by atoms with van der Waals surface area (Å²) in [6.45, 7) is 0. The molecule has 20 heavy (non-hydrogen) atoms. The Morgan fingerprint density at radius 1 is 1.15 bits per heavy atom. The Morgan fingerprint density at radius 2 is 1.70 bits per heavy atom. The zero-order valence-corrected chi connectivity index (χ0v) is 12.2. The number of carboxylic acids is 1. The molecule has 1 aromatic rings. The molecule has 110 valence electrons. The third-order valence-corrected chi connectivity index (χ3v) is 4.46. The Labute approximate surface area is 119 Å². The maximum absolute atomic E-state index is 11.7. The first-order chi connectivity index (χ1) is 9.33. The van der Waals surface area contributed by atoms with Gasteiger partial charge in [0, 0.05) is 5.69 Å².